The molecule has 0 aliphatic heterocycles. The minimum atomic E-state index is -0.833. The van der Waals surface area contributed by atoms with E-state index < -0.39 is 5.97 Å². The van der Waals surface area contributed by atoms with Gasteiger partial charge in [0.25, 0.3) is 5.97 Å². The van der Waals surface area contributed by atoms with Gasteiger partial charge in [-0.1, -0.05) is 18.2 Å². The van der Waals surface area contributed by atoms with Crippen molar-refractivity contribution in [3.05, 3.63) is 35.2 Å². The van der Waals surface area contributed by atoms with Gasteiger partial charge in [0.1, 0.15) is 0 Å². The Morgan fingerprint density at radius 2 is 1.94 bits per heavy atom. The lowest BCUT2D eigenvalue weighted by atomic mass is 10.1. The van der Waals surface area contributed by atoms with Crippen LogP contribution in [-0.4, -0.2) is 24.2 Å². The Morgan fingerprint density at radius 3 is 2.56 bits per heavy atom. The van der Waals surface area contributed by atoms with E-state index in [4.69, 9.17) is 9.90 Å². The second-order valence-electron chi connectivity index (χ2n) is 3.53. The Hall–Kier alpha value is -1.88. The molecule has 0 aliphatic carbocycles. The Balaban J connectivity index is 0.000000357. The van der Waals surface area contributed by atoms with Gasteiger partial charge < -0.3 is 9.84 Å². The summed E-state index contributed by atoms with van der Waals surface area (Å²) < 4.78 is 5.85. The summed E-state index contributed by atoms with van der Waals surface area (Å²) in [5, 5.41) is 10.6. The summed E-state index contributed by atoms with van der Waals surface area (Å²) in [7, 11) is 1.41. The SMILES string of the molecule is CC(=O)O.COC(=O)Cc1csc2ccccc12. The van der Waals surface area contributed by atoms with Crippen LogP contribution in [0, 0.1) is 0 Å². The van der Waals surface area contributed by atoms with Crippen LogP contribution in [0.3, 0.4) is 0 Å². The van der Waals surface area contributed by atoms with Crippen molar-refractivity contribution in [3.8, 4) is 0 Å². The fourth-order valence-electron chi connectivity index (χ4n) is 1.40. The van der Waals surface area contributed by atoms with E-state index >= 15 is 0 Å². The van der Waals surface area contributed by atoms with Crippen molar-refractivity contribution >= 4 is 33.4 Å². The topological polar surface area (TPSA) is 63.6 Å². The number of thiophene rings is 1. The van der Waals surface area contributed by atoms with E-state index in [0.29, 0.717) is 6.42 Å². The molecule has 0 radical (unpaired) electrons. The number of esters is 1. The Morgan fingerprint density at radius 1 is 1.33 bits per heavy atom. The highest BCUT2D eigenvalue weighted by Gasteiger charge is 2.07. The molecule has 0 amide bonds. The van der Waals surface area contributed by atoms with Crippen LogP contribution in [0.15, 0.2) is 29.6 Å². The third kappa shape index (κ3) is 4.18. The summed E-state index contributed by atoms with van der Waals surface area (Å²) in [6.45, 7) is 1.08. The highest BCUT2D eigenvalue weighted by Crippen LogP contribution is 2.25. The molecule has 0 unspecified atom stereocenters. The number of carbonyl (C=O) groups is 2. The Kier molecular flexibility index (Phi) is 5.32. The summed E-state index contributed by atoms with van der Waals surface area (Å²) in [6, 6.07) is 8.07. The van der Waals surface area contributed by atoms with Gasteiger partial charge in [0, 0.05) is 11.6 Å². The van der Waals surface area contributed by atoms with Gasteiger partial charge in [0.2, 0.25) is 0 Å². The third-order valence-electron chi connectivity index (χ3n) is 2.12. The normalized spacial score (nSPS) is 9.44. The fourth-order valence-corrected chi connectivity index (χ4v) is 2.36. The third-order valence-corrected chi connectivity index (χ3v) is 3.14. The molecule has 0 fully saturated rings. The molecule has 0 saturated heterocycles. The molecule has 0 spiro atoms. The highest BCUT2D eigenvalue weighted by molar-refractivity contribution is 7.17. The van der Waals surface area contributed by atoms with Gasteiger partial charge in [-0.3, -0.25) is 9.59 Å². The molecule has 0 aliphatic rings. The van der Waals surface area contributed by atoms with Crippen molar-refractivity contribution in [1.29, 1.82) is 0 Å². The lowest BCUT2D eigenvalue weighted by Crippen LogP contribution is -2.03. The van der Waals surface area contributed by atoms with Crippen LogP contribution in [0.5, 0.6) is 0 Å². The fraction of sp³-hybridized carbons (Fsp3) is 0.231. The van der Waals surface area contributed by atoms with Crippen molar-refractivity contribution < 1.29 is 19.4 Å². The first-order valence-electron chi connectivity index (χ1n) is 5.26. The minimum Gasteiger partial charge on any atom is -0.481 e. The molecular formula is C13H14O4S. The molecule has 2 rings (SSSR count). The van der Waals surface area contributed by atoms with Crippen molar-refractivity contribution in [2.45, 2.75) is 13.3 Å². The molecule has 96 valence electrons. The van der Waals surface area contributed by atoms with Crippen molar-refractivity contribution in [1.82, 2.24) is 0 Å². The standard InChI is InChI=1S/C11H10O2S.C2H4O2/c1-13-11(12)6-8-7-14-10-5-3-2-4-9(8)10;1-2(3)4/h2-5,7H,6H2,1H3;1H3,(H,3,4). The molecule has 2 aromatic rings. The number of fused-ring (bicyclic) bond motifs is 1. The first-order valence-corrected chi connectivity index (χ1v) is 6.14. The Bertz CT molecular complexity index is 541. The van der Waals surface area contributed by atoms with Gasteiger partial charge in [0.05, 0.1) is 13.5 Å². The van der Waals surface area contributed by atoms with Crippen molar-refractivity contribution in [2.24, 2.45) is 0 Å². The molecule has 1 N–H and O–H groups in total. The first-order chi connectivity index (χ1) is 8.54. The van der Waals surface area contributed by atoms with Gasteiger partial charge in [0.15, 0.2) is 0 Å². The number of benzene rings is 1. The zero-order valence-corrected chi connectivity index (χ0v) is 11.0. The zero-order valence-electron chi connectivity index (χ0n) is 10.2. The monoisotopic (exact) mass is 266 g/mol. The van der Waals surface area contributed by atoms with Crippen molar-refractivity contribution in [3.63, 3.8) is 0 Å². The summed E-state index contributed by atoms with van der Waals surface area (Å²) in [6.07, 6.45) is 0.362. The maximum atomic E-state index is 11.1. The number of methoxy groups -OCH3 is 1. The summed E-state index contributed by atoms with van der Waals surface area (Å²) in [4.78, 5) is 20.1. The number of carboxylic acids is 1. The number of ether oxygens (including phenoxy) is 1. The van der Waals surface area contributed by atoms with Crippen LogP contribution in [0.4, 0.5) is 0 Å². The average Bonchev–Trinajstić information content (AvgIpc) is 2.72. The summed E-state index contributed by atoms with van der Waals surface area (Å²) in [5.74, 6) is -1.02. The van der Waals surface area contributed by atoms with Crippen molar-refractivity contribution in [2.75, 3.05) is 7.11 Å². The van der Waals surface area contributed by atoms with E-state index in [1.54, 1.807) is 11.3 Å². The molecule has 1 heterocycles. The van der Waals surface area contributed by atoms with E-state index in [0.717, 1.165) is 17.9 Å². The molecule has 1 aromatic carbocycles. The van der Waals surface area contributed by atoms with Gasteiger partial charge >= 0.3 is 5.97 Å². The molecule has 4 nitrogen and oxygen atoms in total. The lowest BCUT2D eigenvalue weighted by Gasteiger charge is -1.97. The van der Waals surface area contributed by atoms with Crippen LogP contribution in [0.25, 0.3) is 10.1 Å². The molecular weight excluding hydrogens is 252 g/mol. The second-order valence-corrected chi connectivity index (χ2v) is 4.44. The summed E-state index contributed by atoms with van der Waals surface area (Å²) >= 11 is 1.66. The predicted molar refractivity (Wildman–Crippen MR) is 70.9 cm³/mol. The highest BCUT2D eigenvalue weighted by atomic mass is 32.1. The first kappa shape index (κ1) is 14.2. The lowest BCUT2D eigenvalue weighted by molar-refractivity contribution is -0.139. The van der Waals surface area contributed by atoms with Gasteiger partial charge in [-0.05, 0) is 22.4 Å². The molecule has 0 bridgehead atoms. The maximum absolute atomic E-state index is 11.1. The van der Waals surface area contributed by atoms with Crippen LogP contribution in [0.1, 0.15) is 12.5 Å². The summed E-state index contributed by atoms with van der Waals surface area (Å²) in [5.41, 5.74) is 1.05. The van der Waals surface area contributed by atoms with Crippen LogP contribution in [-0.2, 0) is 20.7 Å². The van der Waals surface area contributed by atoms with E-state index in [2.05, 4.69) is 10.8 Å². The number of hydrogen-bond donors (Lipinski definition) is 1. The number of aliphatic carboxylic acids is 1. The van der Waals surface area contributed by atoms with E-state index in [9.17, 15) is 4.79 Å². The number of carbonyl (C=O) groups excluding carboxylic acids is 1. The van der Waals surface area contributed by atoms with Gasteiger partial charge in [-0.15, -0.1) is 11.3 Å². The van der Waals surface area contributed by atoms with E-state index in [1.165, 1.54) is 11.8 Å². The van der Waals surface area contributed by atoms with Gasteiger partial charge in [-0.2, -0.15) is 0 Å². The van der Waals surface area contributed by atoms with Crippen LogP contribution < -0.4 is 0 Å². The van der Waals surface area contributed by atoms with E-state index in [1.807, 2.05) is 23.6 Å². The molecule has 18 heavy (non-hydrogen) atoms. The molecule has 0 saturated carbocycles. The van der Waals surface area contributed by atoms with Crippen LogP contribution >= 0.6 is 11.3 Å². The Labute approximate surface area is 109 Å². The number of hydrogen-bond acceptors (Lipinski definition) is 4. The second kappa shape index (κ2) is 6.76. The average molecular weight is 266 g/mol. The van der Waals surface area contributed by atoms with Crippen LogP contribution in [0.2, 0.25) is 0 Å². The molecule has 5 heteroatoms. The zero-order chi connectivity index (χ0) is 13.5. The quantitative estimate of drug-likeness (QED) is 0.849. The predicted octanol–water partition coefficient (Wildman–Crippen LogP) is 2.71. The molecule has 0 atom stereocenters. The smallest absolute Gasteiger partial charge is 0.310 e. The van der Waals surface area contributed by atoms with Gasteiger partial charge in [-0.25, -0.2) is 0 Å². The minimum absolute atomic E-state index is 0.187. The van der Waals surface area contributed by atoms with E-state index in [-0.39, 0.29) is 5.97 Å². The molecule has 1 aromatic heterocycles. The number of carboxylic acid groups (broad SMARTS) is 1. The maximum Gasteiger partial charge on any atom is 0.310 e. The largest absolute Gasteiger partial charge is 0.481 e. The number of rotatable bonds is 2.